The van der Waals surface area contributed by atoms with Crippen molar-refractivity contribution < 1.29 is 13.7 Å². The molecule has 1 amide bonds. The lowest BCUT2D eigenvalue weighted by molar-refractivity contribution is 0.0703. The fourth-order valence-electron chi connectivity index (χ4n) is 3.06. The zero-order chi connectivity index (χ0) is 18.1. The van der Waals surface area contributed by atoms with Crippen molar-refractivity contribution in [3.05, 3.63) is 52.4 Å². The van der Waals surface area contributed by atoms with Crippen molar-refractivity contribution in [2.45, 2.75) is 18.8 Å². The van der Waals surface area contributed by atoms with E-state index in [1.165, 1.54) is 18.3 Å². The average molecular weight is 420 g/mol. The van der Waals surface area contributed by atoms with Crippen molar-refractivity contribution in [1.29, 1.82) is 0 Å². The van der Waals surface area contributed by atoms with Crippen LogP contribution < -0.4 is 0 Å². The second-order valence-corrected chi connectivity index (χ2v) is 7.06. The number of H-pyrrole nitrogens is 1. The first-order valence-electron chi connectivity index (χ1n) is 8.19. The molecule has 0 spiro atoms. The van der Waals surface area contributed by atoms with Crippen molar-refractivity contribution in [1.82, 2.24) is 25.0 Å². The molecule has 9 heteroatoms. The minimum atomic E-state index is -0.603. The highest BCUT2D eigenvalue weighted by Crippen LogP contribution is 2.28. The summed E-state index contributed by atoms with van der Waals surface area (Å²) < 4.78 is 19.2. The van der Waals surface area contributed by atoms with Crippen molar-refractivity contribution in [2.24, 2.45) is 0 Å². The van der Waals surface area contributed by atoms with Crippen LogP contribution in [-0.4, -0.2) is 44.0 Å². The number of nitrogens with one attached hydrogen (secondary N) is 1. The molecule has 1 saturated heterocycles. The maximum atomic E-state index is 13.0. The van der Waals surface area contributed by atoms with E-state index in [0.717, 1.165) is 23.0 Å². The maximum absolute atomic E-state index is 13.0. The Morgan fingerprint density at radius 1 is 1.42 bits per heavy atom. The van der Waals surface area contributed by atoms with Gasteiger partial charge in [0.2, 0.25) is 5.95 Å². The third-order valence-corrected chi connectivity index (χ3v) is 4.83. The van der Waals surface area contributed by atoms with E-state index < -0.39 is 5.95 Å². The number of carbonyl (C=O) groups excluding carboxylic acids is 1. The summed E-state index contributed by atoms with van der Waals surface area (Å²) in [7, 11) is 0. The van der Waals surface area contributed by atoms with Crippen molar-refractivity contribution >= 4 is 21.8 Å². The van der Waals surface area contributed by atoms with Gasteiger partial charge in [0.1, 0.15) is 5.69 Å². The first-order chi connectivity index (χ1) is 12.6. The number of rotatable bonds is 3. The van der Waals surface area contributed by atoms with E-state index in [0.29, 0.717) is 30.4 Å². The van der Waals surface area contributed by atoms with Crippen LogP contribution >= 0.6 is 15.9 Å². The molecule has 0 bridgehead atoms. The molecular weight excluding hydrogens is 405 g/mol. The van der Waals surface area contributed by atoms with E-state index in [-0.39, 0.29) is 11.8 Å². The van der Waals surface area contributed by atoms with E-state index in [1.54, 1.807) is 11.1 Å². The van der Waals surface area contributed by atoms with E-state index in [9.17, 15) is 9.18 Å². The van der Waals surface area contributed by atoms with Gasteiger partial charge in [0.05, 0.1) is 5.56 Å². The van der Waals surface area contributed by atoms with Gasteiger partial charge >= 0.3 is 0 Å². The number of carbonyl (C=O) groups is 1. The van der Waals surface area contributed by atoms with Crippen LogP contribution in [0, 0.1) is 5.95 Å². The highest BCUT2D eigenvalue weighted by atomic mass is 79.9. The fraction of sp³-hybridized carbons (Fsp3) is 0.294. The number of nitrogens with zero attached hydrogens (tertiary/aromatic N) is 4. The Morgan fingerprint density at radius 3 is 3.04 bits per heavy atom. The van der Waals surface area contributed by atoms with Crippen molar-refractivity contribution in [3.63, 3.8) is 0 Å². The van der Waals surface area contributed by atoms with Gasteiger partial charge in [-0.2, -0.15) is 9.37 Å². The van der Waals surface area contributed by atoms with Gasteiger partial charge in [0.15, 0.2) is 5.82 Å². The molecule has 4 heterocycles. The van der Waals surface area contributed by atoms with Gasteiger partial charge in [-0.25, -0.2) is 4.98 Å². The summed E-state index contributed by atoms with van der Waals surface area (Å²) in [5.41, 5.74) is 1.11. The Morgan fingerprint density at radius 2 is 2.31 bits per heavy atom. The molecule has 1 atom stereocenters. The summed E-state index contributed by atoms with van der Waals surface area (Å²) in [4.78, 5) is 25.4. The summed E-state index contributed by atoms with van der Waals surface area (Å²) >= 11 is 3.37. The van der Waals surface area contributed by atoms with E-state index in [2.05, 4.69) is 36.0 Å². The van der Waals surface area contributed by atoms with Gasteiger partial charge in [-0.1, -0.05) is 5.16 Å². The highest BCUT2D eigenvalue weighted by molar-refractivity contribution is 9.10. The van der Waals surface area contributed by atoms with Gasteiger partial charge in [-0.05, 0) is 47.0 Å². The molecule has 7 nitrogen and oxygen atoms in total. The van der Waals surface area contributed by atoms with Crippen LogP contribution in [0.5, 0.6) is 0 Å². The zero-order valence-electron chi connectivity index (χ0n) is 13.7. The highest BCUT2D eigenvalue weighted by Gasteiger charge is 2.29. The number of pyridine rings is 1. The Balaban J connectivity index is 1.49. The number of aromatic nitrogens is 4. The molecule has 134 valence electrons. The molecule has 1 unspecified atom stereocenters. The van der Waals surface area contributed by atoms with Gasteiger partial charge in [0, 0.05) is 35.9 Å². The second-order valence-electron chi connectivity index (χ2n) is 6.15. The first-order valence-corrected chi connectivity index (χ1v) is 8.98. The van der Waals surface area contributed by atoms with Crippen LogP contribution in [0.15, 0.2) is 39.6 Å². The quantitative estimate of drug-likeness (QED) is 0.657. The van der Waals surface area contributed by atoms with Gasteiger partial charge in [0.25, 0.3) is 11.8 Å². The van der Waals surface area contributed by atoms with Crippen LogP contribution in [-0.2, 0) is 0 Å². The SMILES string of the molecule is O=C(c1ccc(F)nc1)N1CCCC(c2noc(-c3cc(Br)c[nH]3)n2)C1. The molecule has 26 heavy (non-hydrogen) atoms. The number of likely N-dealkylation sites (tertiary alicyclic amines) is 1. The lowest BCUT2D eigenvalue weighted by atomic mass is 9.97. The Kier molecular flexibility index (Phi) is 4.54. The number of piperidine rings is 1. The number of hydrogen-bond donors (Lipinski definition) is 1. The van der Waals surface area contributed by atoms with Crippen LogP contribution in [0.1, 0.15) is 34.9 Å². The molecule has 0 aromatic carbocycles. The zero-order valence-corrected chi connectivity index (χ0v) is 15.2. The molecule has 1 N–H and O–H groups in total. The number of aromatic amines is 1. The molecule has 0 aliphatic carbocycles. The second kappa shape index (κ2) is 6.99. The first kappa shape index (κ1) is 16.9. The molecule has 1 aliphatic rings. The molecule has 3 aromatic rings. The average Bonchev–Trinajstić information content (AvgIpc) is 3.31. The Labute approximate surface area is 156 Å². The minimum absolute atomic E-state index is 0.00277. The van der Waals surface area contributed by atoms with Crippen LogP contribution in [0.2, 0.25) is 0 Å². The number of hydrogen-bond acceptors (Lipinski definition) is 5. The normalized spacial score (nSPS) is 17.5. The summed E-state index contributed by atoms with van der Waals surface area (Å²) in [6.07, 6.45) is 4.76. The summed E-state index contributed by atoms with van der Waals surface area (Å²) in [6, 6.07) is 4.49. The van der Waals surface area contributed by atoms with Gasteiger partial charge < -0.3 is 14.4 Å². The van der Waals surface area contributed by atoms with E-state index >= 15 is 0 Å². The van der Waals surface area contributed by atoms with E-state index in [4.69, 9.17) is 4.52 Å². The monoisotopic (exact) mass is 419 g/mol. The molecular formula is C17H15BrFN5O2. The lowest BCUT2D eigenvalue weighted by Crippen LogP contribution is -2.39. The largest absolute Gasteiger partial charge is 0.356 e. The molecule has 1 aliphatic heterocycles. The Bertz CT molecular complexity index is 923. The van der Waals surface area contributed by atoms with Crippen LogP contribution in [0.4, 0.5) is 4.39 Å². The maximum Gasteiger partial charge on any atom is 0.274 e. The topological polar surface area (TPSA) is 87.9 Å². The Hall–Kier alpha value is -2.55. The van der Waals surface area contributed by atoms with Crippen LogP contribution in [0.25, 0.3) is 11.6 Å². The molecule has 3 aromatic heterocycles. The van der Waals surface area contributed by atoms with E-state index in [1.807, 2.05) is 6.07 Å². The smallest absolute Gasteiger partial charge is 0.274 e. The summed E-state index contributed by atoms with van der Waals surface area (Å²) in [5.74, 6) is 0.224. The molecule has 0 saturated carbocycles. The fourth-order valence-corrected chi connectivity index (χ4v) is 3.40. The molecule has 0 radical (unpaired) electrons. The van der Waals surface area contributed by atoms with Crippen LogP contribution in [0.3, 0.4) is 0 Å². The predicted molar refractivity (Wildman–Crippen MR) is 93.9 cm³/mol. The van der Waals surface area contributed by atoms with Crippen molar-refractivity contribution in [2.75, 3.05) is 13.1 Å². The molecule has 1 fully saturated rings. The summed E-state index contributed by atoms with van der Waals surface area (Å²) in [6.45, 7) is 1.13. The third kappa shape index (κ3) is 3.39. The van der Waals surface area contributed by atoms with Gasteiger partial charge in [-0.15, -0.1) is 0 Å². The lowest BCUT2D eigenvalue weighted by Gasteiger charge is -2.31. The van der Waals surface area contributed by atoms with Gasteiger partial charge in [-0.3, -0.25) is 4.79 Å². The number of amides is 1. The third-order valence-electron chi connectivity index (χ3n) is 4.37. The summed E-state index contributed by atoms with van der Waals surface area (Å²) in [5, 5.41) is 4.08. The standard InChI is InChI=1S/C17H15BrFN5O2/c18-12-6-13(20-8-12)16-22-15(23-26-16)11-2-1-5-24(9-11)17(25)10-3-4-14(19)21-7-10/h3-4,6-8,11,20H,1-2,5,9H2. The van der Waals surface area contributed by atoms with Crippen molar-refractivity contribution in [3.8, 4) is 11.6 Å². The number of halogens is 2. The minimum Gasteiger partial charge on any atom is -0.356 e. The predicted octanol–water partition coefficient (Wildman–Crippen LogP) is 3.38. The molecule has 4 rings (SSSR count).